The molecule has 6 heteroatoms. The highest BCUT2D eigenvalue weighted by molar-refractivity contribution is 9.13. The molecule has 0 aromatic carbocycles. The molecule has 1 heterocycles. The van der Waals surface area contributed by atoms with Crippen molar-refractivity contribution in [3.63, 3.8) is 0 Å². The lowest BCUT2D eigenvalue weighted by Crippen LogP contribution is -2.27. The minimum absolute atomic E-state index is 0.202. The zero-order chi connectivity index (χ0) is 11.3. The average Bonchev–Trinajstić information content (AvgIpc) is 2.54. The van der Waals surface area contributed by atoms with Crippen LogP contribution in [0.1, 0.15) is 23.8 Å². The van der Waals surface area contributed by atoms with Gasteiger partial charge in [-0.2, -0.15) is 0 Å². The van der Waals surface area contributed by atoms with Crippen LogP contribution in [0.4, 0.5) is 0 Å². The molecule has 1 unspecified atom stereocenters. The number of hydrogen-bond donors (Lipinski definition) is 2. The lowest BCUT2D eigenvalue weighted by atomic mass is 10.1. The van der Waals surface area contributed by atoms with Crippen molar-refractivity contribution in [3.8, 4) is 0 Å². The van der Waals surface area contributed by atoms with Gasteiger partial charge in [0.2, 0.25) is 0 Å². The zero-order valence-corrected chi connectivity index (χ0v) is 12.4. The predicted molar refractivity (Wildman–Crippen MR) is 70.9 cm³/mol. The van der Waals surface area contributed by atoms with Gasteiger partial charge in [-0.25, -0.2) is 0 Å². The molecule has 0 saturated carbocycles. The molecule has 1 aromatic heterocycles. The van der Waals surface area contributed by atoms with Crippen molar-refractivity contribution in [2.24, 2.45) is 5.84 Å². The van der Waals surface area contributed by atoms with Gasteiger partial charge in [-0.15, -0.1) is 11.3 Å². The predicted octanol–water partition coefficient (Wildman–Crippen LogP) is 3.20. The van der Waals surface area contributed by atoms with Gasteiger partial charge < -0.3 is 4.74 Å². The molecule has 0 aliphatic heterocycles. The summed E-state index contributed by atoms with van der Waals surface area (Å²) in [6.45, 7) is 0.770. The van der Waals surface area contributed by atoms with Crippen LogP contribution in [-0.2, 0) is 4.74 Å². The zero-order valence-electron chi connectivity index (χ0n) is 8.43. The van der Waals surface area contributed by atoms with Crippen LogP contribution in [0.25, 0.3) is 0 Å². The van der Waals surface area contributed by atoms with Crippen LogP contribution in [0.5, 0.6) is 0 Å². The van der Waals surface area contributed by atoms with Gasteiger partial charge in [-0.05, 0) is 50.8 Å². The Balaban J connectivity index is 2.57. The Kier molecular flexibility index (Phi) is 6.33. The van der Waals surface area contributed by atoms with Gasteiger partial charge in [-0.3, -0.25) is 11.3 Å². The second-order valence-corrected chi connectivity index (χ2v) is 6.38. The van der Waals surface area contributed by atoms with Crippen LogP contribution in [0.3, 0.4) is 0 Å². The van der Waals surface area contributed by atoms with Crippen LogP contribution in [0.15, 0.2) is 14.3 Å². The van der Waals surface area contributed by atoms with E-state index >= 15 is 0 Å². The van der Waals surface area contributed by atoms with Crippen LogP contribution >= 0.6 is 43.2 Å². The Bertz CT molecular complexity index is 287. The molecule has 15 heavy (non-hydrogen) atoms. The molecule has 0 fully saturated rings. The summed E-state index contributed by atoms with van der Waals surface area (Å²) in [6, 6.07) is 2.29. The fourth-order valence-electron chi connectivity index (χ4n) is 1.27. The van der Waals surface area contributed by atoms with E-state index in [1.165, 1.54) is 4.88 Å². The molecule has 0 aliphatic rings. The van der Waals surface area contributed by atoms with Crippen LogP contribution < -0.4 is 11.3 Å². The fourth-order valence-corrected chi connectivity index (χ4v) is 3.46. The van der Waals surface area contributed by atoms with E-state index in [9.17, 15) is 0 Å². The molecule has 3 N–H and O–H groups in total. The smallest absolute Gasteiger partial charge is 0.0843 e. The van der Waals surface area contributed by atoms with Crippen molar-refractivity contribution in [3.05, 3.63) is 19.2 Å². The Hall–Kier alpha value is 0.540. The van der Waals surface area contributed by atoms with E-state index in [0.29, 0.717) is 0 Å². The van der Waals surface area contributed by atoms with E-state index in [2.05, 4.69) is 43.4 Å². The summed E-state index contributed by atoms with van der Waals surface area (Å²) in [5.74, 6) is 5.53. The van der Waals surface area contributed by atoms with Crippen molar-refractivity contribution >= 4 is 43.2 Å². The molecule has 0 bridgehead atoms. The largest absolute Gasteiger partial charge is 0.385 e. The molecule has 86 valence electrons. The highest BCUT2D eigenvalue weighted by Crippen LogP contribution is 2.36. The van der Waals surface area contributed by atoms with Crippen molar-refractivity contribution in [2.45, 2.75) is 18.9 Å². The summed E-state index contributed by atoms with van der Waals surface area (Å²) in [5, 5.41) is 0. The highest BCUT2D eigenvalue weighted by Gasteiger charge is 2.13. The second-order valence-electron chi connectivity index (χ2n) is 3.12. The van der Waals surface area contributed by atoms with Crippen LogP contribution in [0, 0.1) is 0 Å². The number of rotatable bonds is 6. The van der Waals surface area contributed by atoms with Crippen molar-refractivity contribution in [2.75, 3.05) is 13.7 Å². The molecular formula is C9H14Br2N2OS. The number of hydrogen-bond acceptors (Lipinski definition) is 4. The average molecular weight is 358 g/mol. The minimum Gasteiger partial charge on any atom is -0.385 e. The Morgan fingerprint density at radius 2 is 2.33 bits per heavy atom. The quantitative estimate of drug-likeness (QED) is 0.467. The van der Waals surface area contributed by atoms with E-state index in [1.807, 2.05) is 0 Å². The molecule has 1 aromatic rings. The summed E-state index contributed by atoms with van der Waals surface area (Å²) in [5.41, 5.74) is 2.83. The third kappa shape index (κ3) is 4.13. The molecule has 0 spiro atoms. The number of nitrogens with one attached hydrogen (secondary N) is 1. The second kappa shape index (κ2) is 6.98. The Morgan fingerprint density at radius 1 is 1.60 bits per heavy atom. The molecule has 3 nitrogen and oxygen atoms in total. The Labute approximate surface area is 111 Å². The van der Waals surface area contributed by atoms with Crippen molar-refractivity contribution in [1.29, 1.82) is 0 Å². The third-order valence-corrected chi connectivity index (χ3v) is 5.42. The van der Waals surface area contributed by atoms with Gasteiger partial charge in [0.05, 0.1) is 9.83 Å². The normalized spacial score (nSPS) is 13.1. The summed E-state index contributed by atoms with van der Waals surface area (Å²) >= 11 is 8.63. The topological polar surface area (TPSA) is 47.3 Å². The molecule has 0 amide bonds. The summed E-state index contributed by atoms with van der Waals surface area (Å²) < 4.78 is 7.20. The first-order valence-electron chi connectivity index (χ1n) is 4.58. The highest BCUT2D eigenvalue weighted by atomic mass is 79.9. The standard InChI is InChI=1S/C9H14Br2N2OS/c1-14-4-2-3-7(13-12)8-5-6(10)9(11)15-8/h5,7,13H,2-4,12H2,1H3. The fraction of sp³-hybridized carbons (Fsp3) is 0.556. The molecule has 1 rings (SSSR count). The lowest BCUT2D eigenvalue weighted by Gasteiger charge is -2.13. The summed E-state index contributed by atoms with van der Waals surface area (Å²) in [7, 11) is 1.71. The number of nitrogens with two attached hydrogens (primary N) is 1. The first-order chi connectivity index (χ1) is 7.19. The van der Waals surface area contributed by atoms with Gasteiger partial charge >= 0.3 is 0 Å². The minimum atomic E-state index is 0.202. The Morgan fingerprint density at radius 3 is 2.80 bits per heavy atom. The van der Waals surface area contributed by atoms with E-state index in [-0.39, 0.29) is 6.04 Å². The molecule has 0 radical (unpaired) electrons. The van der Waals surface area contributed by atoms with Crippen molar-refractivity contribution < 1.29 is 4.74 Å². The first-order valence-corrected chi connectivity index (χ1v) is 6.99. The first kappa shape index (κ1) is 13.6. The molecule has 0 saturated heterocycles. The van der Waals surface area contributed by atoms with Gasteiger partial charge in [-0.1, -0.05) is 0 Å². The summed E-state index contributed by atoms with van der Waals surface area (Å²) in [4.78, 5) is 1.23. The SMILES string of the molecule is COCCCC(NN)c1cc(Br)c(Br)s1. The van der Waals surface area contributed by atoms with E-state index < -0.39 is 0 Å². The lowest BCUT2D eigenvalue weighted by molar-refractivity contribution is 0.189. The summed E-state index contributed by atoms with van der Waals surface area (Å²) in [6.07, 6.45) is 1.97. The maximum Gasteiger partial charge on any atom is 0.0843 e. The number of ether oxygens (including phenoxy) is 1. The van der Waals surface area contributed by atoms with Gasteiger partial charge in [0.25, 0.3) is 0 Å². The van der Waals surface area contributed by atoms with Crippen molar-refractivity contribution in [1.82, 2.24) is 5.43 Å². The van der Waals surface area contributed by atoms with Gasteiger partial charge in [0, 0.05) is 23.1 Å². The number of hydrazine groups is 1. The van der Waals surface area contributed by atoms with E-state index in [4.69, 9.17) is 10.6 Å². The van der Waals surface area contributed by atoms with Gasteiger partial charge in [0.1, 0.15) is 0 Å². The molecular weight excluding hydrogens is 344 g/mol. The molecule has 1 atom stereocenters. The van der Waals surface area contributed by atoms with E-state index in [1.54, 1.807) is 18.4 Å². The van der Waals surface area contributed by atoms with Crippen LogP contribution in [0.2, 0.25) is 0 Å². The maximum absolute atomic E-state index is 5.53. The third-order valence-electron chi connectivity index (χ3n) is 2.05. The van der Waals surface area contributed by atoms with Crippen LogP contribution in [-0.4, -0.2) is 13.7 Å². The number of thiophene rings is 1. The van der Waals surface area contributed by atoms with Gasteiger partial charge in [0.15, 0.2) is 0 Å². The number of methoxy groups -OCH3 is 1. The molecule has 0 aliphatic carbocycles. The monoisotopic (exact) mass is 356 g/mol. The number of halogens is 2. The van der Waals surface area contributed by atoms with E-state index in [0.717, 1.165) is 27.7 Å². The maximum atomic E-state index is 5.53.